The van der Waals surface area contributed by atoms with E-state index in [2.05, 4.69) is 10.3 Å². The molecule has 1 aromatic rings. The van der Waals surface area contributed by atoms with Crippen LogP contribution in [-0.4, -0.2) is 16.7 Å². The van der Waals surface area contributed by atoms with Crippen LogP contribution in [0.25, 0.3) is 0 Å². The predicted octanol–water partition coefficient (Wildman–Crippen LogP) is 2.42. The highest BCUT2D eigenvalue weighted by Crippen LogP contribution is 2.64. The van der Waals surface area contributed by atoms with Gasteiger partial charge in [-0.3, -0.25) is 9.59 Å². The van der Waals surface area contributed by atoms with Crippen LogP contribution < -0.4 is 5.32 Å². The van der Waals surface area contributed by atoms with Crippen LogP contribution in [0.15, 0.2) is 24.4 Å². The van der Waals surface area contributed by atoms with Gasteiger partial charge >= 0.3 is 0 Å². The lowest BCUT2D eigenvalue weighted by Gasteiger charge is -2.34. The first-order chi connectivity index (χ1) is 8.98. The summed E-state index contributed by atoms with van der Waals surface area (Å²) in [5.41, 5.74) is -1.10. The molecule has 19 heavy (non-hydrogen) atoms. The lowest BCUT2D eigenvalue weighted by Crippen LogP contribution is -2.46. The van der Waals surface area contributed by atoms with E-state index in [4.69, 9.17) is 0 Å². The van der Waals surface area contributed by atoms with Gasteiger partial charge in [0, 0.05) is 12.6 Å². The molecule has 2 fully saturated rings. The molecule has 2 atom stereocenters. The number of anilines is 1. The maximum absolute atomic E-state index is 12.6. The molecular weight excluding hydrogens is 240 g/mol. The van der Waals surface area contributed by atoms with E-state index in [0.29, 0.717) is 24.6 Å². The average molecular weight is 258 g/mol. The van der Waals surface area contributed by atoms with Gasteiger partial charge in [0.2, 0.25) is 5.91 Å². The minimum atomic E-state index is -0.852. The van der Waals surface area contributed by atoms with Crippen LogP contribution in [0.1, 0.15) is 33.1 Å². The molecule has 100 valence electrons. The fraction of sp³-hybridized carbons (Fsp3) is 0.533. The molecule has 0 saturated heterocycles. The Labute approximate surface area is 112 Å². The largest absolute Gasteiger partial charge is 0.310 e. The van der Waals surface area contributed by atoms with Crippen LogP contribution in [-0.2, 0) is 9.59 Å². The van der Waals surface area contributed by atoms with Crippen LogP contribution in [0.2, 0.25) is 0 Å². The Bertz CT molecular complexity index is 538. The van der Waals surface area contributed by atoms with Crippen LogP contribution in [0, 0.1) is 16.7 Å². The van der Waals surface area contributed by atoms with Crippen molar-refractivity contribution in [3.8, 4) is 0 Å². The van der Waals surface area contributed by atoms with Gasteiger partial charge in [-0.25, -0.2) is 4.98 Å². The molecule has 1 heterocycles. The van der Waals surface area contributed by atoms with Crippen molar-refractivity contribution >= 4 is 17.5 Å². The van der Waals surface area contributed by atoms with Gasteiger partial charge in [0.1, 0.15) is 17.0 Å². The average Bonchev–Trinajstić information content (AvgIpc) is 2.74. The molecule has 0 aromatic carbocycles. The van der Waals surface area contributed by atoms with Crippen molar-refractivity contribution in [3.63, 3.8) is 0 Å². The molecule has 4 heteroatoms. The smallest absolute Gasteiger partial charge is 0.239 e. The van der Waals surface area contributed by atoms with Crippen molar-refractivity contribution < 1.29 is 9.59 Å². The molecule has 0 radical (unpaired) electrons. The van der Waals surface area contributed by atoms with E-state index in [-0.39, 0.29) is 17.1 Å². The molecule has 1 N–H and O–H groups in total. The summed E-state index contributed by atoms with van der Waals surface area (Å²) in [4.78, 5) is 29.1. The van der Waals surface area contributed by atoms with Crippen molar-refractivity contribution in [1.82, 2.24) is 4.98 Å². The molecule has 4 nitrogen and oxygen atoms in total. The zero-order chi connectivity index (χ0) is 13.7. The summed E-state index contributed by atoms with van der Waals surface area (Å²) in [6.45, 7) is 4.10. The second-order valence-electron chi connectivity index (χ2n) is 6.16. The standard InChI is InChI=1S/C15H18N2O2/c1-14(2)10-6-7-15(14,11(18)9-10)13(19)17-12-5-3-4-8-16-12/h3-5,8,10H,6-7,9H2,1-2H3,(H,16,17,19). The van der Waals surface area contributed by atoms with Gasteiger partial charge in [-0.2, -0.15) is 0 Å². The Morgan fingerprint density at radius 3 is 2.74 bits per heavy atom. The second kappa shape index (κ2) is 3.89. The minimum Gasteiger partial charge on any atom is -0.310 e. The second-order valence-corrected chi connectivity index (χ2v) is 6.16. The number of aromatic nitrogens is 1. The van der Waals surface area contributed by atoms with Gasteiger partial charge in [-0.1, -0.05) is 19.9 Å². The van der Waals surface area contributed by atoms with E-state index in [1.807, 2.05) is 19.9 Å². The number of ketones is 1. The Balaban J connectivity index is 1.92. The number of pyridine rings is 1. The fourth-order valence-corrected chi connectivity index (χ4v) is 3.87. The molecule has 2 bridgehead atoms. The third-order valence-corrected chi connectivity index (χ3v) is 5.19. The van der Waals surface area contributed by atoms with Gasteiger partial charge in [-0.15, -0.1) is 0 Å². The third-order valence-electron chi connectivity index (χ3n) is 5.19. The maximum atomic E-state index is 12.6. The normalized spacial score (nSPS) is 31.5. The van der Waals surface area contributed by atoms with Gasteiger partial charge < -0.3 is 5.32 Å². The number of carbonyl (C=O) groups excluding carboxylic acids is 2. The van der Waals surface area contributed by atoms with Crippen molar-refractivity contribution in [2.24, 2.45) is 16.7 Å². The van der Waals surface area contributed by atoms with Crippen LogP contribution in [0.5, 0.6) is 0 Å². The van der Waals surface area contributed by atoms with E-state index in [0.717, 1.165) is 6.42 Å². The number of nitrogens with zero attached hydrogens (tertiary/aromatic N) is 1. The van der Waals surface area contributed by atoms with E-state index >= 15 is 0 Å². The fourth-order valence-electron chi connectivity index (χ4n) is 3.87. The Morgan fingerprint density at radius 1 is 1.42 bits per heavy atom. The summed E-state index contributed by atoms with van der Waals surface area (Å²) >= 11 is 0. The number of carbonyl (C=O) groups is 2. The first-order valence-electron chi connectivity index (χ1n) is 6.74. The van der Waals surface area contributed by atoms with Crippen LogP contribution in [0.3, 0.4) is 0 Å². The summed E-state index contributed by atoms with van der Waals surface area (Å²) in [7, 11) is 0. The summed E-state index contributed by atoms with van der Waals surface area (Å²) in [5.74, 6) is 0.777. The van der Waals surface area contributed by atoms with Crippen LogP contribution >= 0.6 is 0 Å². The number of hydrogen-bond acceptors (Lipinski definition) is 3. The molecule has 1 aromatic heterocycles. The zero-order valence-corrected chi connectivity index (χ0v) is 11.3. The van der Waals surface area contributed by atoms with E-state index in [1.165, 1.54) is 0 Å². The van der Waals surface area contributed by atoms with E-state index in [9.17, 15) is 9.59 Å². The summed E-state index contributed by atoms with van der Waals surface area (Å²) in [5, 5.41) is 2.82. The number of Topliss-reactive ketones (excluding diaryl/α,β-unsaturated/α-hetero) is 1. The molecular formula is C15H18N2O2. The number of hydrogen-bond donors (Lipinski definition) is 1. The number of nitrogens with one attached hydrogen (secondary N) is 1. The SMILES string of the molecule is CC1(C)C2CCC1(C(=O)Nc1ccccn1)C(=O)C2. The predicted molar refractivity (Wildman–Crippen MR) is 71.4 cm³/mol. The topological polar surface area (TPSA) is 59.1 Å². The monoisotopic (exact) mass is 258 g/mol. The maximum Gasteiger partial charge on any atom is 0.239 e. The molecule has 2 saturated carbocycles. The minimum absolute atomic E-state index is 0.0992. The lowest BCUT2D eigenvalue weighted by molar-refractivity contribution is -0.141. The summed E-state index contributed by atoms with van der Waals surface area (Å²) in [6, 6.07) is 5.36. The molecule has 2 aliphatic rings. The van der Waals surface area contributed by atoms with Crippen molar-refractivity contribution in [2.75, 3.05) is 5.32 Å². The van der Waals surface area contributed by atoms with Crippen LogP contribution in [0.4, 0.5) is 5.82 Å². The first kappa shape index (κ1) is 12.3. The van der Waals surface area contributed by atoms with Gasteiger partial charge in [-0.05, 0) is 36.3 Å². The first-order valence-corrected chi connectivity index (χ1v) is 6.74. The van der Waals surface area contributed by atoms with E-state index < -0.39 is 5.41 Å². The molecule has 3 rings (SSSR count). The Hall–Kier alpha value is -1.71. The number of rotatable bonds is 2. The number of fused-ring (bicyclic) bond motifs is 2. The molecule has 1 amide bonds. The van der Waals surface area contributed by atoms with Gasteiger partial charge in [0.25, 0.3) is 0 Å². The van der Waals surface area contributed by atoms with Crippen molar-refractivity contribution in [3.05, 3.63) is 24.4 Å². The van der Waals surface area contributed by atoms with E-state index in [1.54, 1.807) is 18.3 Å². The zero-order valence-electron chi connectivity index (χ0n) is 11.3. The molecule has 2 unspecified atom stereocenters. The third kappa shape index (κ3) is 1.49. The Morgan fingerprint density at radius 2 is 2.21 bits per heavy atom. The highest BCUT2D eigenvalue weighted by atomic mass is 16.2. The number of amides is 1. The highest BCUT2D eigenvalue weighted by Gasteiger charge is 2.68. The molecule has 0 aliphatic heterocycles. The highest BCUT2D eigenvalue weighted by molar-refractivity contribution is 6.13. The quantitative estimate of drug-likeness (QED) is 0.829. The lowest BCUT2D eigenvalue weighted by atomic mass is 9.68. The van der Waals surface area contributed by atoms with Crippen molar-refractivity contribution in [1.29, 1.82) is 0 Å². The Kier molecular flexibility index (Phi) is 2.52. The van der Waals surface area contributed by atoms with Crippen molar-refractivity contribution in [2.45, 2.75) is 33.1 Å². The molecule has 2 aliphatic carbocycles. The molecule has 0 spiro atoms. The summed E-state index contributed by atoms with van der Waals surface area (Å²) in [6.07, 6.45) is 3.81. The van der Waals surface area contributed by atoms with Gasteiger partial charge in [0.05, 0.1) is 0 Å². The summed E-state index contributed by atoms with van der Waals surface area (Å²) < 4.78 is 0. The van der Waals surface area contributed by atoms with Gasteiger partial charge in [0.15, 0.2) is 0 Å².